The van der Waals surface area contributed by atoms with Gasteiger partial charge in [-0.15, -0.1) is 0 Å². The molecule has 3 rings (SSSR count). The number of likely N-dealkylation sites (tertiary alicyclic amines) is 1. The van der Waals surface area contributed by atoms with E-state index >= 15 is 0 Å². The van der Waals surface area contributed by atoms with Gasteiger partial charge in [-0.05, 0) is 43.2 Å². The number of benzene rings is 1. The summed E-state index contributed by atoms with van der Waals surface area (Å²) < 4.78 is 5.13. The Bertz CT molecular complexity index is 702. The van der Waals surface area contributed by atoms with Gasteiger partial charge >= 0.3 is 0 Å². The Kier molecular flexibility index (Phi) is 4.52. The number of hydrazine groups is 1. The molecule has 1 aliphatic heterocycles. The van der Waals surface area contributed by atoms with Crippen LogP contribution in [0.25, 0.3) is 0 Å². The number of carbonyl (C=O) groups excluding carboxylic acids is 2. The third kappa shape index (κ3) is 3.48. The van der Waals surface area contributed by atoms with E-state index in [1.807, 2.05) is 0 Å². The molecule has 2 N–H and O–H groups in total. The number of hydrogen-bond donors (Lipinski definition) is 2. The molecule has 120 valence electrons. The van der Waals surface area contributed by atoms with Gasteiger partial charge in [0.1, 0.15) is 6.04 Å². The summed E-state index contributed by atoms with van der Waals surface area (Å²) >= 11 is 5.89. The van der Waals surface area contributed by atoms with Crippen LogP contribution >= 0.6 is 11.6 Å². The third-order valence-corrected chi connectivity index (χ3v) is 3.94. The van der Waals surface area contributed by atoms with Crippen LogP contribution in [0.2, 0.25) is 5.02 Å². The summed E-state index contributed by atoms with van der Waals surface area (Å²) in [5.41, 5.74) is 6.11. The minimum atomic E-state index is -0.515. The Balaban J connectivity index is 1.63. The zero-order valence-electron chi connectivity index (χ0n) is 12.3. The van der Waals surface area contributed by atoms with Crippen molar-refractivity contribution in [2.24, 2.45) is 0 Å². The van der Waals surface area contributed by atoms with Gasteiger partial charge in [0.25, 0.3) is 11.8 Å². The normalized spacial score (nSPS) is 17.1. The first-order valence-electron chi connectivity index (χ1n) is 7.31. The van der Waals surface area contributed by atoms with Gasteiger partial charge in [0.15, 0.2) is 5.76 Å². The molecule has 1 fully saturated rings. The monoisotopic (exact) mass is 333 g/mol. The molecule has 0 bridgehead atoms. The van der Waals surface area contributed by atoms with Crippen molar-refractivity contribution in [3.63, 3.8) is 0 Å². The van der Waals surface area contributed by atoms with Crippen LogP contribution in [0.3, 0.4) is 0 Å². The molecular weight excluding hydrogens is 318 g/mol. The van der Waals surface area contributed by atoms with Gasteiger partial charge in [0.05, 0.1) is 12.0 Å². The second-order valence-electron chi connectivity index (χ2n) is 5.26. The first kappa shape index (κ1) is 15.4. The average Bonchev–Trinajstić information content (AvgIpc) is 3.23. The first-order valence-corrected chi connectivity index (χ1v) is 7.69. The number of nitrogens with one attached hydrogen (secondary N) is 2. The summed E-state index contributed by atoms with van der Waals surface area (Å²) in [5, 5.41) is 0.569. The highest BCUT2D eigenvalue weighted by atomic mass is 35.5. The van der Waals surface area contributed by atoms with E-state index in [-0.39, 0.29) is 17.6 Å². The number of carbonyl (C=O) groups is 2. The highest BCUT2D eigenvalue weighted by Gasteiger charge is 2.35. The van der Waals surface area contributed by atoms with Crippen LogP contribution in [0.15, 0.2) is 47.1 Å². The molecule has 0 radical (unpaired) electrons. The van der Waals surface area contributed by atoms with Gasteiger partial charge in [-0.25, -0.2) is 0 Å². The zero-order valence-corrected chi connectivity index (χ0v) is 13.0. The molecule has 2 heterocycles. The smallest absolute Gasteiger partial charge is 0.290 e. The number of amides is 2. The molecule has 0 unspecified atom stereocenters. The molecule has 1 saturated heterocycles. The average molecular weight is 334 g/mol. The number of hydrogen-bond acceptors (Lipinski definition) is 4. The second kappa shape index (κ2) is 6.75. The minimum Gasteiger partial charge on any atom is -0.459 e. The molecule has 6 nitrogen and oxygen atoms in total. The maximum atomic E-state index is 12.4. The van der Waals surface area contributed by atoms with Gasteiger partial charge in [0.2, 0.25) is 0 Å². The molecular formula is C16H16ClN3O3. The van der Waals surface area contributed by atoms with Crippen LogP contribution < -0.4 is 10.9 Å². The molecule has 2 aromatic rings. The Morgan fingerprint density at radius 2 is 2.13 bits per heavy atom. The Labute approximate surface area is 138 Å². The van der Waals surface area contributed by atoms with Crippen LogP contribution in [-0.2, 0) is 4.79 Å². The molecule has 2 amide bonds. The SMILES string of the molecule is O=C(NNc1cccc(Cl)c1)[C@@H]1CCCN1C(=O)c1ccco1. The summed E-state index contributed by atoms with van der Waals surface area (Å²) in [6.45, 7) is 0.536. The molecule has 0 spiro atoms. The maximum Gasteiger partial charge on any atom is 0.290 e. The van der Waals surface area contributed by atoms with E-state index in [4.69, 9.17) is 16.0 Å². The summed E-state index contributed by atoms with van der Waals surface area (Å²) in [7, 11) is 0. The molecule has 0 aliphatic carbocycles. The summed E-state index contributed by atoms with van der Waals surface area (Å²) in [6.07, 6.45) is 2.84. The van der Waals surface area contributed by atoms with Crippen molar-refractivity contribution in [3.05, 3.63) is 53.4 Å². The van der Waals surface area contributed by atoms with E-state index in [1.165, 1.54) is 11.2 Å². The van der Waals surface area contributed by atoms with E-state index in [0.29, 0.717) is 23.7 Å². The van der Waals surface area contributed by atoms with E-state index < -0.39 is 6.04 Å². The van der Waals surface area contributed by atoms with Crippen molar-refractivity contribution in [2.75, 3.05) is 12.0 Å². The zero-order chi connectivity index (χ0) is 16.2. The lowest BCUT2D eigenvalue weighted by Crippen LogP contribution is -2.47. The van der Waals surface area contributed by atoms with E-state index in [1.54, 1.807) is 36.4 Å². The Hall–Kier alpha value is -2.47. The number of halogens is 1. The van der Waals surface area contributed by atoms with Crippen LogP contribution in [0.4, 0.5) is 5.69 Å². The van der Waals surface area contributed by atoms with E-state index in [9.17, 15) is 9.59 Å². The highest BCUT2D eigenvalue weighted by Crippen LogP contribution is 2.21. The topological polar surface area (TPSA) is 74.6 Å². The van der Waals surface area contributed by atoms with Crippen molar-refractivity contribution >= 4 is 29.1 Å². The predicted molar refractivity (Wildman–Crippen MR) is 86.0 cm³/mol. The van der Waals surface area contributed by atoms with Gasteiger partial charge < -0.3 is 9.32 Å². The Morgan fingerprint density at radius 3 is 2.87 bits per heavy atom. The predicted octanol–water partition coefficient (Wildman–Crippen LogP) is 2.68. The van der Waals surface area contributed by atoms with Crippen LogP contribution in [0.1, 0.15) is 23.4 Å². The van der Waals surface area contributed by atoms with Crippen molar-refractivity contribution < 1.29 is 14.0 Å². The molecule has 1 aromatic heterocycles. The second-order valence-corrected chi connectivity index (χ2v) is 5.69. The van der Waals surface area contributed by atoms with Crippen LogP contribution in [-0.4, -0.2) is 29.3 Å². The summed E-state index contributed by atoms with van der Waals surface area (Å²) in [5.74, 6) is -0.287. The number of rotatable bonds is 4. The van der Waals surface area contributed by atoms with Gasteiger partial charge in [0, 0.05) is 11.6 Å². The van der Waals surface area contributed by atoms with Crippen molar-refractivity contribution in [1.29, 1.82) is 0 Å². The third-order valence-electron chi connectivity index (χ3n) is 3.70. The lowest BCUT2D eigenvalue weighted by molar-refractivity contribution is -0.124. The van der Waals surface area contributed by atoms with Crippen molar-refractivity contribution in [1.82, 2.24) is 10.3 Å². The lowest BCUT2D eigenvalue weighted by Gasteiger charge is -2.23. The van der Waals surface area contributed by atoms with E-state index in [0.717, 1.165) is 6.42 Å². The van der Waals surface area contributed by atoms with E-state index in [2.05, 4.69) is 10.9 Å². The van der Waals surface area contributed by atoms with Crippen molar-refractivity contribution in [2.45, 2.75) is 18.9 Å². The van der Waals surface area contributed by atoms with Crippen LogP contribution in [0, 0.1) is 0 Å². The fourth-order valence-corrected chi connectivity index (χ4v) is 2.80. The largest absolute Gasteiger partial charge is 0.459 e. The van der Waals surface area contributed by atoms with Gasteiger partial charge in [-0.3, -0.25) is 20.4 Å². The number of anilines is 1. The number of nitrogens with zero attached hydrogens (tertiary/aromatic N) is 1. The summed E-state index contributed by atoms with van der Waals surface area (Å²) in [4.78, 5) is 26.2. The standard InChI is InChI=1S/C16H16ClN3O3/c17-11-4-1-5-12(10-11)18-19-15(21)13-6-2-8-20(13)16(22)14-7-3-9-23-14/h1,3-5,7,9-10,13,18H,2,6,8H2,(H,19,21)/t13-/m0/s1. The molecule has 23 heavy (non-hydrogen) atoms. The lowest BCUT2D eigenvalue weighted by atomic mass is 10.2. The fourth-order valence-electron chi connectivity index (χ4n) is 2.61. The van der Waals surface area contributed by atoms with Gasteiger partial charge in [-0.1, -0.05) is 17.7 Å². The Morgan fingerprint density at radius 1 is 1.26 bits per heavy atom. The summed E-state index contributed by atoms with van der Waals surface area (Å²) in [6, 6.07) is 9.74. The maximum absolute atomic E-state index is 12.4. The first-order chi connectivity index (χ1) is 11.1. The molecule has 1 aliphatic rings. The van der Waals surface area contributed by atoms with Gasteiger partial charge in [-0.2, -0.15) is 0 Å². The highest BCUT2D eigenvalue weighted by molar-refractivity contribution is 6.30. The minimum absolute atomic E-state index is 0.243. The molecule has 1 atom stereocenters. The quantitative estimate of drug-likeness (QED) is 0.844. The molecule has 1 aromatic carbocycles. The molecule has 7 heteroatoms. The van der Waals surface area contributed by atoms with Crippen molar-refractivity contribution in [3.8, 4) is 0 Å². The molecule has 0 saturated carbocycles. The van der Waals surface area contributed by atoms with Crippen LogP contribution in [0.5, 0.6) is 0 Å². The number of furan rings is 1. The fraction of sp³-hybridized carbons (Fsp3) is 0.250.